The molecule has 0 saturated carbocycles. The van der Waals surface area contributed by atoms with Crippen LogP contribution in [0, 0.1) is 0 Å². The van der Waals surface area contributed by atoms with Crippen molar-refractivity contribution in [2.24, 2.45) is 0 Å². The first kappa shape index (κ1) is 27.2. The number of pyridine rings is 1. The summed E-state index contributed by atoms with van der Waals surface area (Å²) in [7, 11) is 1.36. The van der Waals surface area contributed by atoms with Crippen LogP contribution in [0.3, 0.4) is 0 Å². The standard InChI is InChI=1S/C27H33ClN6O5/c1-27(2)15-34(13-23(35)30-17-5-8-33(9-6-17)26(37)38-3)22(14-39-27)25(36)32-20-11-16(28)10-19-18-4-7-29-12-21(18)31-24(19)20/h4,7,10-12,17,22,31H,5-6,8-9,13-15H2,1-3H3,(H,30,35)(H,32,36)/t22-/m0/s1. The Morgan fingerprint density at radius 3 is 2.74 bits per heavy atom. The largest absolute Gasteiger partial charge is 0.453 e. The number of morpholine rings is 1. The fraction of sp³-hybridized carbons (Fsp3) is 0.481. The second-order valence-electron chi connectivity index (χ2n) is 10.7. The first-order chi connectivity index (χ1) is 18.6. The van der Waals surface area contributed by atoms with Gasteiger partial charge in [0.25, 0.3) is 0 Å². The average Bonchev–Trinajstić information content (AvgIpc) is 3.27. The third-order valence-corrected chi connectivity index (χ3v) is 7.55. The number of ether oxygens (including phenoxy) is 2. The first-order valence-corrected chi connectivity index (χ1v) is 13.4. The van der Waals surface area contributed by atoms with Crippen LogP contribution in [0.5, 0.6) is 0 Å². The number of piperidine rings is 1. The number of aromatic amines is 1. The number of fused-ring (bicyclic) bond motifs is 3. The minimum Gasteiger partial charge on any atom is -0.453 e. The molecule has 2 fully saturated rings. The fourth-order valence-corrected chi connectivity index (χ4v) is 5.61. The van der Waals surface area contributed by atoms with E-state index in [2.05, 4.69) is 20.6 Å². The summed E-state index contributed by atoms with van der Waals surface area (Å²) < 4.78 is 10.8. The van der Waals surface area contributed by atoms with E-state index in [4.69, 9.17) is 21.1 Å². The van der Waals surface area contributed by atoms with Crippen LogP contribution in [0.1, 0.15) is 26.7 Å². The van der Waals surface area contributed by atoms with Gasteiger partial charge in [-0.15, -0.1) is 0 Å². The molecule has 11 nitrogen and oxygen atoms in total. The van der Waals surface area contributed by atoms with E-state index in [-0.39, 0.29) is 37.1 Å². The zero-order chi connectivity index (χ0) is 27.7. The molecule has 1 aromatic carbocycles. The Morgan fingerprint density at radius 1 is 1.23 bits per heavy atom. The minimum atomic E-state index is -0.676. The molecule has 5 rings (SSSR count). The van der Waals surface area contributed by atoms with Crippen molar-refractivity contribution in [3.63, 3.8) is 0 Å². The third-order valence-electron chi connectivity index (χ3n) is 7.33. The molecule has 2 aliphatic heterocycles. The van der Waals surface area contributed by atoms with E-state index in [0.29, 0.717) is 43.2 Å². The molecule has 1 atom stereocenters. The van der Waals surface area contributed by atoms with E-state index < -0.39 is 11.6 Å². The molecule has 39 heavy (non-hydrogen) atoms. The van der Waals surface area contributed by atoms with Crippen molar-refractivity contribution < 1.29 is 23.9 Å². The van der Waals surface area contributed by atoms with Crippen molar-refractivity contribution >= 4 is 57.0 Å². The molecule has 4 heterocycles. The number of aromatic nitrogens is 2. The molecule has 2 saturated heterocycles. The SMILES string of the molecule is COC(=O)N1CCC(NC(=O)CN2CC(C)(C)OC[C@H]2C(=O)Nc2cc(Cl)cc3c2[nH]c2cnccc23)CC1. The lowest BCUT2D eigenvalue weighted by atomic mass is 10.0. The molecule has 2 aliphatic rings. The summed E-state index contributed by atoms with van der Waals surface area (Å²) in [5, 5.41) is 8.41. The van der Waals surface area contributed by atoms with Gasteiger partial charge in [-0.3, -0.25) is 19.5 Å². The predicted molar refractivity (Wildman–Crippen MR) is 148 cm³/mol. The molecule has 0 bridgehead atoms. The molecule has 3 amide bonds. The molecular weight excluding hydrogens is 524 g/mol. The lowest BCUT2D eigenvalue weighted by Crippen LogP contribution is -2.60. The highest BCUT2D eigenvalue weighted by Crippen LogP contribution is 2.33. The number of hydrogen-bond donors (Lipinski definition) is 3. The van der Waals surface area contributed by atoms with Crippen molar-refractivity contribution in [2.45, 2.75) is 44.4 Å². The number of anilines is 1. The summed E-state index contributed by atoms with van der Waals surface area (Å²) in [6.07, 6.45) is 4.37. The molecule has 3 aromatic rings. The Balaban J connectivity index is 1.29. The second-order valence-corrected chi connectivity index (χ2v) is 11.1. The molecule has 12 heteroatoms. The molecule has 3 N–H and O–H groups in total. The Labute approximate surface area is 231 Å². The number of rotatable bonds is 5. The zero-order valence-corrected chi connectivity index (χ0v) is 23.0. The van der Waals surface area contributed by atoms with Crippen LogP contribution in [-0.2, 0) is 19.1 Å². The van der Waals surface area contributed by atoms with Gasteiger partial charge >= 0.3 is 6.09 Å². The van der Waals surface area contributed by atoms with Crippen LogP contribution in [-0.4, -0.2) is 95.3 Å². The van der Waals surface area contributed by atoms with Crippen molar-refractivity contribution in [3.05, 3.63) is 35.6 Å². The molecule has 2 aromatic heterocycles. The highest BCUT2D eigenvalue weighted by molar-refractivity contribution is 6.33. The van der Waals surface area contributed by atoms with Gasteiger partial charge in [-0.2, -0.15) is 0 Å². The number of halogens is 1. The van der Waals surface area contributed by atoms with E-state index >= 15 is 0 Å². The van der Waals surface area contributed by atoms with Crippen LogP contribution >= 0.6 is 11.6 Å². The van der Waals surface area contributed by atoms with Crippen molar-refractivity contribution in [1.29, 1.82) is 0 Å². The number of amides is 3. The van der Waals surface area contributed by atoms with Crippen LogP contribution in [0.4, 0.5) is 10.5 Å². The van der Waals surface area contributed by atoms with E-state index in [1.54, 1.807) is 23.4 Å². The summed E-state index contributed by atoms with van der Waals surface area (Å²) in [5.74, 6) is -0.458. The van der Waals surface area contributed by atoms with Gasteiger partial charge in [0.15, 0.2) is 0 Å². The van der Waals surface area contributed by atoms with Crippen molar-refractivity contribution in [3.8, 4) is 0 Å². The van der Waals surface area contributed by atoms with Crippen LogP contribution in [0.25, 0.3) is 21.8 Å². The van der Waals surface area contributed by atoms with Crippen molar-refractivity contribution in [1.82, 2.24) is 25.1 Å². The number of carbonyl (C=O) groups excluding carboxylic acids is 3. The fourth-order valence-electron chi connectivity index (χ4n) is 5.39. The summed E-state index contributed by atoms with van der Waals surface area (Å²) in [5.41, 5.74) is 1.61. The van der Waals surface area contributed by atoms with Gasteiger partial charge in [-0.25, -0.2) is 4.79 Å². The summed E-state index contributed by atoms with van der Waals surface area (Å²) >= 11 is 6.41. The minimum absolute atomic E-state index is 0.0454. The van der Waals surface area contributed by atoms with Gasteiger partial charge in [0.2, 0.25) is 11.8 Å². The number of carbonyl (C=O) groups is 3. The molecular formula is C27H33ClN6O5. The van der Waals surface area contributed by atoms with Crippen LogP contribution in [0.15, 0.2) is 30.6 Å². The average molecular weight is 557 g/mol. The third kappa shape index (κ3) is 5.95. The predicted octanol–water partition coefficient (Wildman–Crippen LogP) is 3.13. The number of nitrogens with zero attached hydrogens (tertiary/aromatic N) is 3. The van der Waals surface area contributed by atoms with E-state index in [1.807, 2.05) is 30.9 Å². The van der Waals surface area contributed by atoms with E-state index in [0.717, 1.165) is 21.8 Å². The molecule has 0 spiro atoms. The summed E-state index contributed by atoms with van der Waals surface area (Å²) in [6, 6.07) is 4.73. The van der Waals surface area contributed by atoms with E-state index in [1.165, 1.54) is 7.11 Å². The lowest BCUT2D eigenvalue weighted by Gasteiger charge is -2.42. The molecule has 0 radical (unpaired) electrons. The van der Waals surface area contributed by atoms with Gasteiger partial charge in [-0.05, 0) is 44.9 Å². The maximum absolute atomic E-state index is 13.6. The summed E-state index contributed by atoms with van der Waals surface area (Å²) in [6.45, 7) is 5.51. The number of likely N-dealkylation sites (tertiary alicyclic amines) is 1. The highest BCUT2D eigenvalue weighted by Gasteiger charge is 2.39. The van der Waals surface area contributed by atoms with Crippen LogP contribution in [0.2, 0.25) is 5.02 Å². The Morgan fingerprint density at radius 2 is 2.00 bits per heavy atom. The smallest absolute Gasteiger partial charge is 0.409 e. The number of H-pyrrole nitrogens is 1. The number of nitrogens with one attached hydrogen (secondary N) is 3. The zero-order valence-electron chi connectivity index (χ0n) is 22.3. The monoisotopic (exact) mass is 556 g/mol. The topological polar surface area (TPSA) is 129 Å². The van der Waals surface area contributed by atoms with E-state index in [9.17, 15) is 14.4 Å². The first-order valence-electron chi connectivity index (χ1n) is 13.0. The Bertz CT molecular complexity index is 1400. The highest BCUT2D eigenvalue weighted by atomic mass is 35.5. The lowest BCUT2D eigenvalue weighted by molar-refractivity contribution is -0.147. The van der Waals surface area contributed by atoms with Gasteiger partial charge in [0.05, 0.1) is 48.8 Å². The Kier molecular flexibility index (Phi) is 7.66. The molecule has 0 unspecified atom stereocenters. The Hall–Kier alpha value is -3.41. The molecule has 208 valence electrons. The summed E-state index contributed by atoms with van der Waals surface area (Å²) in [4.78, 5) is 49.3. The normalized spacial score (nSPS) is 20.2. The number of methoxy groups -OCH3 is 1. The number of hydrogen-bond acceptors (Lipinski definition) is 7. The van der Waals surface area contributed by atoms with Crippen molar-refractivity contribution in [2.75, 3.05) is 45.2 Å². The van der Waals surface area contributed by atoms with Crippen LogP contribution < -0.4 is 10.6 Å². The van der Waals surface area contributed by atoms with Gasteiger partial charge < -0.3 is 30.0 Å². The maximum Gasteiger partial charge on any atom is 0.409 e. The van der Waals surface area contributed by atoms with Gasteiger partial charge in [-0.1, -0.05) is 11.6 Å². The van der Waals surface area contributed by atoms with Gasteiger partial charge in [0, 0.05) is 47.7 Å². The number of benzene rings is 1. The van der Waals surface area contributed by atoms with Gasteiger partial charge in [0.1, 0.15) is 6.04 Å². The maximum atomic E-state index is 13.6. The quantitative estimate of drug-likeness (QED) is 0.440. The second kappa shape index (κ2) is 11.0. The molecule has 0 aliphatic carbocycles.